The molecule has 3 heteroatoms. The molecule has 76 valence electrons. The van der Waals surface area contributed by atoms with Gasteiger partial charge in [-0.3, -0.25) is 4.79 Å². The average Bonchev–Trinajstić information content (AvgIpc) is 1.79. The van der Waals surface area contributed by atoms with E-state index in [-0.39, 0.29) is 18.3 Å². The van der Waals surface area contributed by atoms with Crippen molar-refractivity contribution < 1.29 is 9.90 Å². The number of carboxylic acids is 1. The second kappa shape index (κ2) is 4.32. The number of hydrogen-bond acceptors (Lipinski definition) is 1. The number of aliphatic carboxylic acids is 1. The fourth-order valence-corrected chi connectivity index (χ4v) is 2.33. The van der Waals surface area contributed by atoms with Gasteiger partial charge in [-0.15, -0.1) is 12.4 Å². The molecule has 1 N–H and O–H groups in total. The highest BCUT2D eigenvalue weighted by Crippen LogP contribution is 2.42. The molecule has 2 nitrogen and oxygen atoms in total. The SMILES string of the molecule is Cl.O=C(O)C1CC(CC2CCC2)C1. The Kier molecular flexibility index (Phi) is 3.60. The van der Waals surface area contributed by atoms with Crippen LogP contribution < -0.4 is 0 Å². The van der Waals surface area contributed by atoms with Crippen LogP contribution in [0.15, 0.2) is 0 Å². The molecule has 0 heterocycles. The normalized spacial score (nSPS) is 32.6. The topological polar surface area (TPSA) is 37.3 Å². The molecule has 0 aliphatic heterocycles. The lowest BCUT2D eigenvalue weighted by Gasteiger charge is -2.37. The Hall–Kier alpha value is -0.240. The summed E-state index contributed by atoms with van der Waals surface area (Å²) >= 11 is 0. The predicted molar refractivity (Wildman–Crippen MR) is 53.1 cm³/mol. The van der Waals surface area contributed by atoms with Gasteiger partial charge in [-0.2, -0.15) is 0 Å². The third-order valence-electron chi connectivity index (χ3n) is 3.48. The molecule has 0 aromatic heterocycles. The largest absolute Gasteiger partial charge is 0.481 e. The van der Waals surface area contributed by atoms with Crippen LogP contribution >= 0.6 is 12.4 Å². The lowest BCUT2D eigenvalue weighted by molar-refractivity contribution is -0.146. The van der Waals surface area contributed by atoms with E-state index in [1.54, 1.807) is 0 Å². The van der Waals surface area contributed by atoms with Crippen molar-refractivity contribution in [2.24, 2.45) is 17.8 Å². The van der Waals surface area contributed by atoms with E-state index >= 15 is 0 Å². The molecule has 0 aromatic rings. The minimum absolute atomic E-state index is 0. The Labute approximate surface area is 85.1 Å². The van der Waals surface area contributed by atoms with Crippen molar-refractivity contribution in [3.8, 4) is 0 Å². The number of carboxylic acid groups (broad SMARTS) is 1. The number of halogens is 1. The monoisotopic (exact) mass is 204 g/mol. The lowest BCUT2D eigenvalue weighted by Crippen LogP contribution is -2.32. The highest BCUT2D eigenvalue weighted by atomic mass is 35.5. The molecule has 0 aromatic carbocycles. The van der Waals surface area contributed by atoms with Crippen molar-refractivity contribution in [3.63, 3.8) is 0 Å². The standard InChI is InChI=1S/C10H16O2.ClH/c11-10(12)9-5-8(6-9)4-7-2-1-3-7;/h7-9H,1-6H2,(H,11,12);1H. The average molecular weight is 205 g/mol. The van der Waals surface area contributed by atoms with E-state index in [1.807, 2.05) is 0 Å². The van der Waals surface area contributed by atoms with Gasteiger partial charge in [0, 0.05) is 0 Å². The smallest absolute Gasteiger partial charge is 0.306 e. The zero-order valence-corrected chi connectivity index (χ0v) is 8.55. The van der Waals surface area contributed by atoms with Gasteiger partial charge in [-0.25, -0.2) is 0 Å². The first kappa shape index (κ1) is 10.8. The predicted octanol–water partition coefficient (Wildman–Crippen LogP) is 2.71. The van der Waals surface area contributed by atoms with Crippen molar-refractivity contribution in [2.75, 3.05) is 0 Å². The van der Waals surface area contributed by atoms with Crippen LogP contribution in [0.4, 0.5) is 0 Å². The van der Waals surface area contributed by atoms with E-state index in [2.05, 4.69) is 0 Å². The number of rotatable bonds is 3. The molecule has 2 fully saturated rings. The van der Waals surface area contributed by atoms with Gasteiger partial charge in [0.25, 0.3) is 0 Å². The highest BCUT2D eigenvalue weighted by Gasteiger charge is 2.36. The Morgan fingerprint density at radius 2 is 1.85 bits per heavy atom. The first-order valence-electron chi connectivity index (χ1n) is 4.98. The minimum atomic E-state index is -0.583. The first-order chi connectivity index (χ1) is 5.75. The van der Waals surface area contributed by atoms with Crippen LogP contribution in [0.3, 0.4) is 0 Å². The zero-order chi connectivity index (χ0) is 8.55. The quantitative estimate of drug-likeness (QED) is 0.768. The molecule has 2 saturated carbocycles. The third kappa shape index (κ3) is 2.37. The van der Waals surface area contributed by atoms with E-state index in [1.165, 1.54) is 25.7 Å². The molecule has 0 bridgehead atoms. The summed E-state index contributed by atoms with van der Waals surface area (Å²) in [4.78, 5) is 10.5. The maximum absolute atomic E-state index is 10.5. The van der Waals surface area contributed by atoms with Gasteiger partial charge < -0.3 is 5.11 Å². The van der Waals surface area contributed by atoms with Gasteiger partial charge in [0.15, 0.2) is 0 Å². The molecule has 0 amide bonds. The van der Waals surface area contributed by atoms with Crippen molar-refractivity contribution in [1.29, 1.82) is 0 Å². The van der Waals surface area contributed by atoms with Gasteiger partial charge in [0.2, 0.25) is 0 Å². The van der Waals surface area contributed by atoms with Crippen LogP contribution in [0.1, 0.15) is 38.5 Å². The molecule has 0 unspecified atom stereocenters. The molecule has 0 spiro atoms. The molecule has 0 saturated heterocycles. The zero-order valence-electron chi connectivity index (χ0n) is 7.74. The molecule has 13 heavy (non-hydrogen) atoms. The summed E-state index contributed by atoms with van der Waals surface area (Å²) in [7, 11) is 0. The van der Waals surface area contributed by atoms with Crippen LogP contribution in [-0.2, 0) is 4.79 Å². The fourth-order valence-electron chi connectivity index (χ4n) is 2.33. The van der Waals surface area contributed by atoms with E-state index in [4.69, 9.17) is 5.11 Å². The van der Waals surface area contributed by atoms with Crippen LogP contribution in [0.25, 0.3) is 0 Å². The van der Waals surface area contributed by atoms with Crippen molar-refractivity contribution in [2.45, 2.75) is 38.5 Å². The maximum Gasteiger partial charge on any atom is 0.306 e. The minimum Gasteiger partial charge on any atom is -0.481 e. The van der Waals surface area contributed by atoms with Crippen LogP contribution in [-0.4, -0.2) is 11.1 Å². The number of hydrogen-bond donors (Lipinski definition) is 1. The Morgan fingerprint density at radius 1 is 1.23 bits per heavy atom. The van der Waals surface area contributed by atoms with Gasteiger partial charge in [-0.1, -0.05) is 19.3 Å². The van der Waals surface area contributed by atoms with Crippen LogP contribution in [0.2, 0.25) is 0 Å². The molecule has 0 atom stereocenters. The van der Waals surface area contributed by atoms with Crippen molar-refractivity contribution in [1.82, 2.24) is 0 Å². The van der Waals surface area contributed by atoms with Gasteiger partial charge in [0.05, 0.1) is 5.92 Å². The van der Waals surface area contributed by atoms with Crippen LogP contribution in [0, 0.1) is 17.8 Å². The summed E-state index contributed by atoms with van der Waals surface area (Å²) in [5.74, 6) is 1.11. The van der Waals surface area contributed by atoms with Crippen molar-refractivity contribution in [3.05, 3.63) is 0 Å². The van der Waals surface area contributed by atoms with Crippen LogP contribution in [0.5, 0.6) is 0 Å². The summed E-state index contributed by atoms with van der Waals surface area (Å²) in [6.45, 7) is 0. The fraction of sp³-hybridized carbons (Fsp3) is 0.900. The molecule has 2 aliphatic rings. The summed E-state index contributed by atoms with van der Waals surface area (Å²) in [6, 6.07) is 0. The second-order valence-corrected chi connectivity index (χ2v) is 4.41. The maximum atomic E-state index is 10.5. The second-order valence-electron chi connectivity index (χ2n) is 4.41. The van der Waals surface area contributed by atoms with E-state index < -0.39 is 5.97 Å². The number of carbonyl (C=O) groups is 1. The molecular formula is C10H17ClO2. The highest BCUT2D eigenvalue weighted by molar-refractivity contribution is 5.85. The van der Waals surface area contributed by atoms with Crippen molar-refractivity contribution >= 4 is 18.4 Å². The lowest BCUT2D eigenvalue weighted by atomic mass is 9.67. The van der Waals surface area contributed by atoms with Gasteiger partial charge in [0.1, 0.15) is 0 Å². The summed E-state index contributed by atoms with van der Waals surface area (Å²) < 4.78 is 0. The first-order valence-corrected chi connectivity index (χ1v) is 4.98. The molecule has 2 aliphatic carbocycles. The van der Waals surface area contributed by atoms with E-state index in [0.717, 1.165) is 24.7 Å². The molecule has 0 radical (unpaired) electrons. The molecular weight excluding hydrogens is 188 g/mol. The van der Waals surface area contributed by atoms with Gasteiger partial charge >= 0.3 is 5.97 Å². The Balaban J connectivity index is 0.000000845. The Bertz CT molecular complexity index is 183. The third-order valence-corrected chi connectivity index (χ3v) is 3.48. The summed E-state index contributed by atoms with van der Waals surface area (Å²) in [5, 5.41) is 8.66. The van der Waals surface area contributed by atoms with E-state index in [0.29, 0.717) is 0 Å². The summed E-state index contributed by atoms with van der Waals surface area (Å²) in [6.07, 6.45) is 7.41. The Morgan fingerprint density at radius 3 is 2.23 bits per heavy atom. The molecule has 2 rings (SSSR count). The van der Waals surface area contributed by atoms with Gasteiger partial charge in [-0.05, 0) is 31.1 Å². The summed E-state index contributed by atoms with van der Waals surface area (Å²) in [5.41, 5.74) is 0. The van der Waals surface area contributed by atoms with E-state index in [9.17, 15) is 4.79 Å².